The topological polar surface area (TPSA) is 49.2 Å². The van der Waals surface area contributed by atoms with Crippen LogP contribution < -0.4 is 0 Å². The zero-order valence-electron chi connectivity index (χ0n) is 7.59. The molecule has 0 amide bonds. The maximum absolute atomic E-state index is 5.42. The molecule has 1 saturated heterocycles. The van der Waals surface area contributed by atoms with Gasteiger partial charge in [-0.2, -0.15) is 5.10 Å². The zero-order chi connectivity index (χ0) is 9.10. The molecule has 0 radical (unpaired) electrons. The van der Waals surface area contributed by atoms with E-state index in [1.165, 1.54) is 0 Å². The second-order valence-corrected chi connectivity index (χ2v) is 3.04. The number of rotatable bonds is 3. The van der Waals surface area contributed by atoms with Crippen LogP contribution in [0.2, 0.25) is 0 Å². The van der Waals surface area contributed by atoms with Crippen molar-refractivity contribution < 1.29 is 9.47 Å². The lowest BCUT2D eigenvalue weighted by molar-refractivity contribution is 0.0275. The van der Waals surface area contributed by atoms with E-state index in [9.17, 15) is 0 Å². The fourth-order valence-electron chi connectivity index (χ4n) is 1.58. The lowest BCUT2D eigenvalue weighted by atomic mass is 10.1. The van der Waals surface area contributed by atoms with Crippen LogP contribution >= 0.6 is 0 Å². The van der Waals surface area contributed by atoms with Gasteiger partial charge in [-0.25, -0.2) is 9.67 Å². The molecule has 0 aliphatic carbocycles. The molecule has 1 fully saturated rings. The lowest BCUT2D eigenvalue weighted by Gasteiger charge is -2.19. The van der Waals surface area contributed by atoms with Crippen LogP contribution in [0.3, 0.4) is 0 Å². The van der Waals surface area contributed by atoms with Gasteiger partial charge in [-0.05, 0) is 6.42 Å². The number of nitrogens with zero attached hydrogens (tertiary/aromatic N) is 3. The Morgan fingerprint density at radius 3 is 3.15 bits per heavy atom. The quantitative estimate of drug-likeness (QED) is 0.688. The van der Waals surface area contributed by atoms with Crippen molar-refractivity contribution in [2.75, 3.05) is 13.4 Å². The second-order valence-electron chi connectivity index (χ2n) is 3.04. The molecule has 5 heteroatoms. The molecule has 0 N–H and O–H groups in total. The fraction of sp³-hybridized carbons (Fsp3) is 0.750. The number of hydrogen-bond donors (Lipinski definition) is 0. The molecule has 0 spiro atoms. The smallest absolute Gasteiger partial charge is 0.147 e. The van der Waals surface area contributed by atoms with Crippen molar-refractivity contribution in [1.82, 2.24) is 14.8 Å². The van der Waals surface area contributed by atoms with Crippen molar-refractivity contribution in [1.29, 1.82) is 0 Å². The molecule has 2 atom stereocenters. The van der Waals surface area contributed by atoms with Crippen molar-refractivity contribution in [3.8, 4) is 0 Å². The maximum atomic E-state index is 5.42. The fourth-order valence-corrected chi connectivity index (χ4v) is 1.58. The summed E-state index contributed by atoms with van der Waals surface area (Å²) in [5, 5.41) is 4.10. The van der Waals surface area contributed by atoms with E-state index >= 15 is 0 Å². The lowest BCUT2D eigenvalue weighted by Crippen LogP contribution is -2.26. The second kappa shape index (κ2) is 3.85. The predicted octanol–water partition coefficient (Wildman–Crippen LogP) is 0.602. The number of hydrogen-bond acceptors (Lipinski definition) is 4. The van der Waals surface area contributed by atoms with E-state index < -0.39 is 0 Å². The van der Waals surface area contributed by atoms with Crippen molar-refractivity contribution in [2.24, 2.45) is 0 Å². The largest absolute Gasteiger partial charge is 0.353 e. The SMILES string of the molecule is CCC(C1COCO1)n1cncn1. The third-order valence-corrected chi connectivity index (χ3v) is 2.27. The molecule has 13 heavy (non-hydrogen) atoms. The molecule has 2 unspecified atom stereocenters. The van der Waals surface area contributed by atoms with Crippen molar-refractivity contribution >= 4 is 0 Å². The van der Waals surface area contributed by atoms with E-state index in [0.29, 0.717) is 13.4 Å². The van der Waals surface area contributed by atoms with Crippen LogP contribution in [-0.2, 0) is 9.47 Å². The molecule has 1 aromatic rings. The van der Waals surface area contributed by atoms with Gasteiger partial charge in [0.2, 0.25) is 0 Å². The van der Waals surface area contributed by atoms with Gasteiger partial charge < -0.3 is 9.47 Å². The third kappa shape index (κ3) is 1.71. The van der Waals surface area contributed by atoms with E-state index in [4.69, 9.17) is 9.47 Å². The van der Waals surface area contributed by atoms with Gasteiger partial charge in [0.05, 0.1) is 12.6 Å². The molecule has 2 rings (SSSR count). The summed E-state index contributed by atoms with van der Waals surface area (Å²) >= 11 is 0. The van der Waals surface area contributed by atoms with E-state index in [1.807, 2.05) is 4.68 Å². The predicted molar refractivity (Wildman–Crippen MR) is 45.0 cm³/mol. The standard InChI is InChI=1S/C8H13N3O2/c1-2-7(8-3-12-6-13-8)11-5-9-4-10-11/h4-5,7-8H,2-3,6H2,1H3. The molecule has 72 valence electrons. The summed E-state index contributed by atoms with van der Waals surface area (Å²) in [4.78, 5) is 3.92. The molecule has 0 bridgehead atoms. The van der Waals surface area contributed by atoms with Crippen LogP contribution in [0.5, 0.6) is 0 Å². The number of aromatic nitrogens is 3. The maximum Gasteiger partial charge on any atom is 0.147 e. The van der Waals surface area contributed by atoms with Crippen LogP contribution in [-0.4, -0.2) is 34.3 Å². The minimum Gasteiger partial charge on any atom is -0.353 e. The van der Waals surface area contributed by atoms with Gasteiger partial charge in [-0.3, -0.25) is 0 Å². The monoisotopic (exact) mass is 183 g/mol. The highest BCUT2D eigenvalue weighted by Crippen LogP contribution is 2.20. The summed E-state index contributed by atoms with van der Waals surface area (Å²) in [6.07, 6.45) is 4.35. The van der Waals surface area contributed by atoms with Crippen LogP contribution in [0.15, 0.2) is 12.7 Å². The summed E-state index contributed by atoms with van der Waals surface area (Å²) in [5.41, 5.74) is 0. The van der Waals surface area contributed by atoms with Crippen molar-refractivity contribution in [3.05, 3.63) is 12.7 Å². The van der Waals surface area contributed by atoms with E-state index in [2.05, 4.69) is 17.0 Å². The minimum atomic E-state index is 0.117. The molecule has 1 aromatic heterocycles. The van der Waals surface area contributed by atoms with Gasteiger partial charge in [0.15, 0.2) is 0 Å². The molecular formula is C8H13N3O2. The van der Waals surface area contributed by atoms with Gasteiger partial charge >= 0.3 is 0 Å². The third-order valence-electron chi connectivity index (χ3n) is 2.27. The van der Waals surface area contributed by atoms with Crippen LogP contribution in [0, 0.1) is 0 Å². The van der Waals surface area contributed by atoms with Gasteiger partial charge in [0.25, 0.3) is 0 Å². The van der Waals surface area contributed by atoms with E-state index in [-0.39, 0.29) is 12.1 Å². The van der Waals surface area contributed by atoms with E-state index in [0.717, 1.165) is 6.42 Å². The number of ether oxygens (including phenoxy) is 2. The van der Waals surface area contributed by atoms with Gasteiger partial charge in [0, 0.05) is 0 Å². The van der Waals surface area contributed by atoms with Crippen LogP contribution in [0.4, 0.5) is 0 Å². The summed E-state index contributed by atoms with van der Waals surface area (Å²) in [7, 11) is 0. The first kappa shape index (κ1) is 8.65. The molecular weight excluding hydrogens is 170 g/mol. The van der Waals surface area contributed by atoms with Gasteiger partial charge in [0.1, 0.15) is 25.6 Å². The Morgan fingerprint density at radius 1 is 1.69 bits per heavy atom. The Bertz CT molecular complexity index is 244. The zero-order valence-corrected chi connectivity index (χ0v) is 7.59. The average Bonchev–Trinajstić information content (AvgIpc) is 2.76. The Labute approximate surface area is 76.7 Å². The first-order valence-electron chi connectivity index (χ1n) is 4.45. The van der Waals surface area contributed by atoms with Gasteiger partial charge in [-0.1, -0.05) is 6.92 Å². The summed E-state index contributed by atoms with van der Waals surface area (Å²) in [5.74, 6) is 0. The Balaban J connectivity index is 2.08. The Hall–Kier alpha value is -0.940. The molecule has 1 aliphatic rings. The normalized spacial score (nSPS) is 24.8. The first-order valence-corrected chi connectivity index (χ1v) is 4.45. The highest BCUT2D eigenvalue weighted by atomic mass is 16.7. The van der Waals surface area contributed by atoms with Crippen molar-refractivity contribution in [2.45, 2.75) is 25.5 Å². The minimum absolute atomic E-state index is 0.117. The molecule has 5 nitrogen and oxygen atoms in total. The molecule has 0 aromatic carbocycles. The first-order chi connectivity index (χ1) is 6.42. The summed E-state index contributed by atoms with van der Waals surface area (Å²) in [6.45, 7) is 3.16. The highest BCUT2D eigenvalue weighted by molar-refractivity contribution is 4.77. The Kier molecular flexibility index (Phi) is 2.56. The Morgan fingerprint density at radius 2 is 2.62 bits per heavy atom. The molecule has 0 saturated carbocycles. The average molecular weight is 183 g/mol. The van der Waals surface area contributed by atoms with Gasteiger partial charge in [-0.15, -0.1) is 0 Å². The van der Waals surface area contributed by atoms with E-state index in [1.54, 1.807) is 12.7 Å². The van der Waals surface area contributed by atoms with Crippen molar-refractivity contribution in [3.63, 3.8) is 0 Å². The summed E-state index contributed by atoms with van der Waals surface area (Å²) < 4.78 is 12.4. The van der Waals surface area contributed by atoms with Crippen LogP contribution in [0.25, 0.3) is 0 Å². The van der Waals surface area contributed by atoms with Crippen LogP contribution in [0.1, 0.15) is 19.4 Å². The molecule has 1 aliphatic heterocycles. The molecule has 2 heterocycles. The highest BCUT2D eigenvalue weighted by Gasteiger charge is 2.26. The summed E-state index contributed by atoms with van der Waals surface area (Å²) in [6, 6.07) is 0.241.